The van der Waals surface area contributed by atoms with Gasteiger partial charge >= 0.3 is 0 Å². The van der Waals surface area contributed by atoms with Crippen LogP contribution in [0.1, 0.15) is 18.5 Å². The lowest BCUT2D eigenvalue weighted by atomic mass is 10.0. The van der Waals surface area contributed by atoms with Crippen LogP contribution in [-0.2, 0) is 0 Å². The Morgan fingerprint density at radius 1 is 1.35 bits per heavy atom. The van der Waals surface area contributed by atoms with Crippen molar-refractivity contribution in [3.63, 3.8) is 0 Å². The van der Waals surface area contributed by atoms with Gasteiger partial charge in [-0.15, -0.1) is 24.8 Å². The first kappa shape index (κ1) is 19.1. The molecule has 114 valence electrons. The fourth-order valence-electron chi connectivity index (χ4n) is 2.29. The molecular weight excluding hydrogens is 308 g/mol. The second kappa shape index (κ2) is 8.36. The number of piperazine rings is 1. The summed E-state index contributed by atoms with van der Waals surface area (Å²) in [6.45, 7) is 5.36. The van der Waals surface area contributed by atoms with E-state index in [0.29, 0.717) is 5.56 Å². The van der Waals surface area contributed by atoms with E-state index in [9.17, 15) is 14.5 Å². The molecule has 0 saturated carbocycles. The van der Waals surface area contributed by atoms with Crippen molar-refractivity contribution in [2.24, 2.45) is 0 Å². The molecule has 1 aromatic rings. The second-order valence-electron chi connectivity index (χ2n) is 4.42. The van der Waals surface area contributed by atoms with Crippen LogP contribution in [0.25, 0.3) is 0 Å². The van der Waals surface area contributed by atoms with Crippen LogP contribution in [0, 0.1) is 15.9 Å². The summed E-state index contributed by atoms with van der Waals surface area (Å²) in [6, 6.07) is 3.71. The maximum atomic E-state index is 13.1. The van der Waals surface area contributed by atoms with Crippen LogP contribution in [0.5, 0.6) is 0 Å². The summed E-state index contributed by atoms with van der Waals surface area (Å²) in [5.74, 6) is -0.571. The average molecular weight is 326 g/mol. The van der Waals surface area contributed by atoms with Gasteiger partial charge in [0.1, 0.15) is 5.82 Å². The van der Waals surface area contributed by atoms with Gasteiger partial charge in [0.25, 0.3) is 5.69 Å². The lowest BCUT2D eigenvalue weighted by molar-refractivity contribution is -0.386. The minimum atomic E-state index is -0.571. The van der Waals surface area contributed by atoms with Crippen molar-refractivity contribution in [1.82, 2.24) is 10.2 Å². The number of nitrogens with zero attached hydrogens (tertiary/aromatic N) is 2. The van der Waals surface area contributed by atoms with Crippen molar-refractivity contribution in [1.29, 1.82) is 0 Å². The zero-order valence-electron chi connectivity index (χ0n) is 11.0. The van der Waals surface area contributed by atoms with Crippen molar-refractivity contribution in [3.8, 4) is 0 Å². The van der Waals surface area contributed by atoms with Gasteiger partial charge in [-0.25, -0.2) is 4.39 Å². The van der Waals surface area contributed by atoms with E-state index in [0.717, 1.165) is 32.2 Å². The number of rotatable bonds is 3. The first-order valence-electron chi connectivity index (χ1n) is 5.98. The number of nitro benzene ring substituents is 1. The van der Waals surface area contributed by atoms with Crippen LogP contribution in [0.3, 0.4) is 0 Å². The Kier molecular flexibility index (Phi) is 7.96. The molecule has 0 amide bonds. The molecule has 0 bridgehead atoms. The number of halogens is 3. The highest BCUT2D eigenvalue weighted by Gasteiger charge is 2.25. The van der Waals surface area contributed by atoms with E-state index in [-0.39, 0.29) is 36.5 Å². The van der Waals surface area contributed by atoms with Crippen LogP contribution in [0.2, 0.25) is 0 Å². The topological polar surface area (TPSA) is 58.4 Å². The number of hydrogen-bond donors (Lipinski definition) is 1. The van der Waals surface area contributed by atoms with Gasteiger partial charge in [-0.3, -0.25) is 15.0 Å². The molecule has 0 radical (unpaired) electrons. The summed E-state index contributed by atoms with van der Waals surface area (Å²) < 4.78 is 13.1. The molecule has 1 aliphatic rings. The molecule has 1 aliphatic heterocycles. The highest BCUT2D eigenvalue weighted by Crippen LogP contribution is 2.29. The van der Waals surface area contributed by atoms with Gasteiger partial charge in [-0.1, -0.05) is 0 Å². The SMILES string of the molecule is C[C@@H](c1ccc(F)cc1[N+](=O)[O-])N1CCNCC1.Cl.Cl. The third-order valence-corrected chi connectivity index (χ3v) is 3.34. The molecular formula is C12H18Cl2FN3O2. The summed E-state index contributed by atoms with van der Waals surface area (Å²) in [7, 11) is 0. The van der Waals surface area contributed by atoms with Crippen molar-refractivity contribution in [2.75, 3.05) is 26.2 Å². The standard InChI is InChI=1S/C12H16FN3O2.2ClH/c1-9(15-6-4-14-5-7-15)11-3-2-10(13)8-12(11)16(17)18;;/h2-3,8-9,14H,4-7H2,1H3;2*1H/t9-;;/m0../s1. The fraction of sp³-hybridized carbons (Fsp3) is 0.500. The van der Waals surface area contributed by atoms with Gasteiger partial charge in [0.15, 0.2) is 0 Å². The molecule has 1 saturated heterocycles. The highest BCUT2D eigenvalue weighted by molar-refractivity contribution is 5.85. The summed E-state index contributed by atoms with van der Waals surface area (Å²) in [5.41, 5.74) is 0.435. The molecule has 1 aromatic carbocycles. The van der Waals surface area contributed by atoms with E-state index in [1.54, 1.807) is 0 Å². The summed E-state index contributed by atoms with van der Waals surface area (Å²) in [6.07, 6.45) is 0. The maximum absolute atomic E-state index is 13.1. The van der Waals surface area contributed by atoms with Crippen molar-refractivity contribution in [2.45, 2.75) is 13.0 Å². The molecule has 1 heterocycles. The van der Waals surface area contributed by atoms with Crippen LogP contribution in [-0.4, -0.2) is 36.0 Å². The number of hydrogen-bond acceptors (Lipinski definition) is 4. The zero-order valence-corrected chi connectivity index (χ0v) is 12.7. The van der Waals surface area contributed by atoms with E-state index in [1.807, 2.05) is 6.92 Å². The quantitative estimate of drug-likeness (QED) is 0.685. The van der Waals surface area contributed by atoms with Crippen LogP contribution in [0.15, 0.2) is 18.2 Å². The van der Waals surface area contributed by atoms with Gasteiger partial charge < -0.3 is 5.32 Å². The zero-order chi connectivity index (χ0) is 13.1. The number of nitro groups is 1. The van der Waals surface area contributed by atoms with Gasteiger partial charge in [0.2, 0.25) is 0 Å². The van der Waals surface area contributed by atoms with E-state index in [1.165, 1.54) is 12.1 Å². The Balaban J connectivity index is 0.00000180. The summed E-state index contributed by atoms with van der Waals surface area (Å²) in [5, 5.41) is 14.2. The summed E-state index contributed by atoms with van der Waals surface area (Å²) >= 11 is 0. The molecule has 2 rings (SSSR count). The first-order valence-corrected chi connectivity index (χ1v) is 5.98. The van der Waals surface area contributed by atoms with Crippen LogP contribution in [0.4, 0.5) is 10.1 Å². The van der Waals surface area contributed by atoms with E-state index in [4.69, 9.17) is 0 Å². The smallest absolute Gasteiger partial charge is 0.277 e. The molecule has 0 unspecified atom stereocenters. The lowest BCUT2D eigenvalue weighted by Crippen LogP contribution is -2.44. The van der Waals surface area contributed by atoms with E-state index < -0.39 is 10.7 Å². The molecule has 20 heavy (non-hydrogen) atoms. The van der Waals surface area contributed by atoms with Crippen LogP contribution < -0.4 is 5.32 Å². The predicted molar refractivity (Wildman–Crippen MR) is 80.4 cm³/mol. The Morgan fingerprint density at radius 2 is 1.95 bits per heavy atom. The second-order valence-corrected chi connectivity index (χ2v) is 4.42. The van der Waals surface area contributed by atoms with Crippen molar-refractivity contribution >= 4 is 30.5 Å². The molecule has 0 spiro atoms. The Morgan fingerprint density at radius 3 is 2.50 bits per heavy atom. The molecule has 1 N–H and O–H groups in total. The van der Waals surface area contributed by atoms with E-state index >= 15 is 0 Å². The highest BCUT2D eigenvalue weighted by atomic mass is 35.5. The Labute approximate surface area is 129 Å². The largest absolute Gasteiger partial charge is 0.314 e. The van der Waals surface area contributed by atoms with Crippen molar-refractivity contribution in [3.05, 3.63) is 39.7 Å². The van der Waals surface area contributed by atoms with E-state index in [2.05, 4.69) is 10.2 Å². The first-order chi connectivity index (χ1) is 8.59. The maximum Gasteiger partial charge on any atom is 0.277 e. The van der Waals surface area contributed by atoms with Gasteiger partial charge in [0, 0.05) is 37.8 Å². The minimum Gasteiger partial charge on any atom is -0.314 e. The van der Waals surface area contributed by atoms with Gasteiger partial charge in [-0.05, 0) is 19.1 Å². The summed E-state index contributed by atoms with van der Waals surface area (Å²) in [4.78, 5) is 12.6. The molecule has 1 atom stereocenters. The molecule has 0 aliphatic carbocycles. The Bertz CT molecular complexity index is 456. The third kappa shape index (κ3) is 4.28. The molecule has 1 fully saturated rings. The molecule has 0 aromatic heterocycles. The fourth-order valence-corrected chi connectivity index (χ4v) is 2.29. The predicted octanol–water partition coefficient (Wildman–Crippen LogP) is 2.54. The van der Waals surface area contributed by atoms with Crippen molar-refractivity contribution < 1.29 is 9.31 Å². The average Bonchev–Trinajstić information content (AvgIpc) is 2.39. The monoisotopic (exact) mass is 325 g/mol. The number of nitrogens with one attached hydrogen (secondary N) is 1. The van der Waals surface area contributed by atoms with Crippen LogP contribution >= 0.6 is 24.8 Å². The normalized spacial score (nSPS) is 16.7. The Hall–Kier alpha value is -0.950. The molecule has 5 nitrogen and oxygen atoms in total. The van der Waals surface area contributed by atoms with Gasteiger partial charge in [-0.2, -0.15) is 0 Å². The third-order valence-electron chi connectivity index (χ3n) is 3.34. The lowest BCUT2D eigenvalue weighted by Gasteiger charge is -2.32. The minimum absolute atomic E-state index is 0. The molecule has 8 heteroatoms. The number of benzene rings is 1. The van der Waals surface area contributed by atoms with Gasteiger partial charge in [0.05, 0.1) is 11.0 Å².